The highest BCUT2D eigenvalue weighted by molar-refractivity contribution is 7.89. The van der Waals surface area contributed by atoms with Gasteiger partial charge in [0, 0.05) is 31.3 Å². The van der Waals surface area contributed by atoms with Gasteiger partial charge >= 0.3 is 0 Å². The molecule has 2 aromatic heterocycles. The fourth-order valence-corrected chi connectivity index (χ4v) is 3.85. The van der Waals surface area contributed by atoms with Gasteiger partial charge in [-0.15, -0.1) is 0 Å². The molecule has 2 N–H and O–H groups in total. The Hall–Kier alpha value is -2.42. The molecule has 27 heavy (non-hydrogen) atoms. The standard InChI is InChI=1S/C19H23N3O4S/c1-13(2)19-21-18(12-22(19)3)27(24,25)20-11-16(23)14-6-8-15(9-7-14)17-5-4-10-26-17/h4-10,12-13,16,20,23H,11H2,1-3H3. The molecule has 144 valence electrons. The number of rotatable bonds is 7. The van der Waals surface area contributed by atoms with Gasteiger partial charge in [0.1, 0.15) is 11.6 Å². The number of sulfonamides is 1. The third kappa shape index (κ3) is 4.29. The molecule has 8 heteroatoms. The average Bonchev–Trinajstić information content (AvgIpc) is 3.30. The second-order valence-electron chi connectivity index (χ2n) is 6.67. The van der Waals surface area contributed by atoms with Crippen molar-refractivity contribution in [2.45, 2.75) is 30.9 Å². The van der Waals surface area contributed by atoms with Crippen LogP contribution in [0.1, 0.15) is 37.3 Å². The van der Waals surface area contributed by atoms with E-state index in [0.717, 1.165) is 11.3 Å². The first-order valence-corrected chi connectivity index (χ1v) is 10.1. The molecule has 1 aromatic carbocycles. The summed E-state index contributed by atoms with van der Waals surface area (Å²) < 4.78 is 34.4. The number of aryl methyl sites for hydroxylation is 1. The number of hydrogen-bond acceptors (Lipinski definition) is 5. The zero-order valence-corrected chi connectivity index (χ0v) is 16.3. The summed E-state index contributed by atoms with van der Waals surface area (Å²) in [6.07, 6.45) is 2.09. The molecule has 1 unspecified atom stereocenters. The lowest BCUT2D eigenvalue weighted by Crippen LogP contribution is -2.28. The van der Waals surface area contributed by atoms with Crippen LogP contribution in [0.5, 0.6) is 0 Å². The second kappa shape index (κ2) is 7.67. The third-order valence-electron chi connectivity index (χ3n) is 4.25. The smallest absolute Gasteiger partial charge is 0.259 e. The first kappa shape index (κ1) is 19.3. The van der Waals surface area contributed by atoms with Gasteiger partial charge in [-0.2, -0.15) is 0 Å². The Morgan fingerprint density at radius 3 is 2.48 bits per heavy atom. The highest BCUT2D eigenvalue weighted by Crippen LogP contribution is 2.22. The van der Waals surface area contributed by atoms with Gasteiger partial charge in [0.05, 0.1) is 12.4 Å². The highest BCUT2D eigenvalue weighted by Gasteiger charge is 2.22. The van der Waals surface area contributed by atoms with Crippen LogP contribution in [0.4, 0.5) is 0 Å². The molecule has 0 saturated carbocycles. The zero-order chi connectivity index (χ0) is 19.6. The van der Waals surface area contributed by atoms with Gasteiger partial charge in [0.25, 0.3) is 10.0 Å². The van der Waals surface area contributed by atoms with Gasteiger partial charge in [-0.3, -0.25) is 0 Å². The van der Waals surface area contributed by atoms with Crippen molar-refractivity contribution in [3.05, 3.63) is 60.2 Å². The van der Waals surface area contributed by atoms with E-state index < -0.39 is 16.1 Å². The number of nitrogens with zero attached hydrogens (tertiary/aromatic N) is 2. The Labute approximate surface area is 158 Å². The molecule has 0 amide bonds. The van der Waals surface area contributed by atoms with Crippen molar-refractivity contribution in [2.75, 3.05) is 6.54 Å². The van der Waals surface area contributed by atoms with Crippen LogP contribution in [0.25, 0.3) is 11.3 Å². The quantitative estimate of drug-likeness (QED) is 0.648. The van der Waals surface area contributed by atoms with Crippen molar-refractivity contribution in [3.63, 3.8) is 0 Å². The predicted octanol–water partition coefficient (Wildman–Crippen LogP) is 2.82. The molecule has 2 heterocycles. The number of imidazole rings is 1. The molecular formula is C19H23N3O4S. The largest absolute Gasteiger partial charge is 0.464 e. The molecule has 0 bridgehead atoms. The van der Waals surface area contributed by atoms with Gasteiger partial charge in [-0.1, -0.05) is 38.1 Å². The van der Waals surface area contributed by atoms with Crippen molar-refractivity contribution in [1.29, 1.82) is 0 Å². The molecule has 0 spiro atoms. The number of aliphatic hydroxyl groups is 1. The summed E-state index contributed by atoms with van der Waals surface area (Å²) in [6.45, 7) is 3.75. The van der Waals surface area contributed by atoms with Crippen molar-refractivity contribution in [3.8, 4) is 11.3 Å². The number of furan rings is 1. The average molecular weight is 389 g/mol. The fourth-order valence-electron chi connectivity index (χ4n) is 2.81. The van der Waals surface area contributed by atoms with Crippen LogP contribution in [0.2, 0.25) is 0 Å². The Balaban J connectivity index is 1.67. The minimum Gasteiger partial charge on any atom is -0.464 e. The Morgan fingerprint density at radius 2 is 1.93 bits per heavy atom. The van der Waals surface area contributed by atoms with E-state index in [4.69, 9.17) is 4.42 Å². The molecule has 3 aromatic rings. The molecule has 0 saturated heterocycles. The van der Waals surface area contributed by atoms with Gasteiger partial charge in [0.2, 0.25) is 0 Å². The Bertz CT molecular complexity index is 990. The van der Waals surface area contributed by atoms with E-state index in [1.165, 1.54) is 6.20 Å². The van der Waals surface area contributed by atoms with Gasteiger partial charge in [-0.05, 0) is 17.7 Å². The maximum absolute atomic E-state index is 12.5. The molecule has 0 radical (unpaired) electrons. The molecule has 7 nitrogen and oxygen atoms in total. The second-order valence-corrected chi connectivity index (χ2v) is 8.38. The SMILES string of the molecule is CC(C)c1nc(S(=O)(=O)NCC(O)c2ccc(-c3ccco3)cc2)cn1C. The van der Waals surface area contributed by atoms with Crippen molar-refractivity contribution in [2.24, 2.45) is 7.05 Å². The molecule has 0 aliphatic heterocycles. The van der Waals surface area contributed by atoms with E-state index in [1.807, 2.05) is 32.0 Å². The summed E-state index contributed by atoms with van der Waals surface area (Å²) >= 11 is 0. The van der Waals surface area contributed by atoms with Crippen LogP contribution in [0.15, 0.2) is 58.3 Å². The summed E-state index contributed by atoms with van der Waals surface area (Å²) in [5, 5.41) is 10.3. The van der Waals surface area contributed by atoms with Gasteiger partial charge in [-0.25, -0.2) is 18.1 Å². The molecule has 1 atom stereocenters. The molecular weight excluding hydrogens is 366 g/mol. The fraction of sp³-hybridized carbons (Fsp3) is 0.316. The topological polar surface area (TPSA) is 97.4 Å². The molecule has 0 aliphatic rings. The van der Waals surface area contributed by atoms with Crippen molar-refractivity contribution >= 4 is 10.0 Å². The van der Waals surface area contributed by atoms with Gasteiger partial charge < -0.3 is 14.1 Å². The summed E-state index contributed by atoms with van der Waals surface area (Å²) in [5.41, 5.74) is 1.49. The third-order valence-corrected chi connectivity index (χ3v) is 5.54. The van der Waals surface area contributed by atoms with Crippen LogP contribution in [-0.4, -0.2) is 29.6 Å². The summed E-state index contributed by atoms with van der Waals surface area (Å²) in [4.78, 5) is 4.19. The lowest BCUT2D eigenvalue weighted by Gasteiger charge is -2.12. The molecule has 3 rings (SSSR count). The Morgan fingerprint density at radius 1 is 1.22 bits per heavy atom. The lowest BCUT2D eigenvalue weighted by atomic mass is 10.1. The molecule has 0 fully saturated rings. The van der Waals surface area contributed by atoms with E-state index in [-0.39, 0.29) is 17.5 Å². The van der Waals surface area contributed by atoms with E-state index >= 15 is 0 Å². The van der Waals surface area contributed by atoms with E-state index in [1.54, 1.807) is 36.1 Å². The van der Waals surface area contributed by atoms with Crippen LogP contribution >= 0.6 is 0 Å². The first-order chi connectivity index (χ1) is 12.8. The minimum atomic E-state index is -3.80. The van der Waals surface area contributed by atoms with E-state index in [9.17, 15) is 13.5 Å². The monoisotopic (exact) mass is 389 g/mol. The summed E-state index contributed by atoms with van der Waals surface area (Å²) in [6, 6.07) is 10.8. The normalized spacial score (nSPS) is 13.2. The lowest BCUT2D eigenvalue weighted by molar-refractivity contribution is 0.182. The highest BCUT2D eigenvalue weighted by atomic mass is 32.2. The van der Waals surface area contributed by atoms with Gasteiger partial charge in [0.15, 0.2) is 5.03 Å². The summed E-state index contributed by atoms with van der Waals surface area (Å²) in [5.74, 6) is 1.52. The maximum Gasteiger partial charge on any atom is 0.259 e. The number of nitrogens with one attached hydrogen (secondary N) is 1. The van der Waals surface area contributed by atoms with Crippen LogP contribution < -0.4 is 4.72 Å². The Kier molecular flexibility index (Phi) is 5.50. The summed E-state index contributed by atoms with van der Waals surface area (Å²) in [7, 11) is -2.04. The minimum absolute atomic E-state index is 0.0472. The maximum atomic E-state index is 12.5. The number of aliphatic hydroxyl groups excluding tert-OH is 1. The number of benzene rings is 1. The zero-order valence-electron chi connectivity index (χ0n) is 15.5. The first-order valence-electron chi connectivity index (χ1n) is 8.63. The van der Waals surface area contributed by atoms with Crippen molar-refractivity contribution < 1.29 is 17.9 Å². The van der Waals surface area contributed by atoms with Crippen molar-refractivity contribution in [1.82, 2.24) is 14.3 Å². The predicted molar refractivity (Wildman–Crippen MR) is 102 cm³/mol. The van der Waals surface area contributed by atoms with Crippen LogP contribution in [0, 0.1) is 0 Å². The van der Waals surface area contributed by atoms with E-state index in [2.05, 4.69) is 9.71 Å². The number of hydrogen-bond donors (Lipinski definition) is 2. The number of aromatic nitrogens is 2. The molecule has 0 aliphatic carbocycles. The van der Waals surface area contributed by atoms with Crippen LogP contribution in [0.3, 0.4) is 0 Å². The van der Waals surface area contributed by atoms with E-state index in [0.29, 0.717) is 11.4 Å². The van der Waals surface area contributed by atoms with Crippen LogP contribution in [-0.2, 0) is 17.1 Å².